The van der Waals surface area contributed by atoms with Gasteiger partial charge in [-0.1, -0.05) is 72.8 Å². The Morgan fingerprint density at radius 3 is 1.87 bits per heavy atom. The third-order valence-corrected chi connectivity index (χ3v) is 3.90. The highest BCUT2D eigenvalue weighted by molar-refractivity contribution is 5.94. The molecule has 0 aliphatic heterocycles. The fourth-order valence-electron chi connectivity index (χ4n) is 2.55. The minimum Gasteiger partial charge on any atom is -0.346 e. The van der Waals surface area contributed by atoms with Crippen molar-refractivity contribution in [1.82, 2.24) is 5.32 Å². The van der Waals surface area contributed by atoms with E-state index in [-0.39, 0.29) is 11.9 Å². The topological polar surface area (TPSA) is 29.1 Å². The molecule has 0 spiro atoms. The summed E-state index contributed by atoms with van der Waals surface area (Å²) in [5.74, 6) is -0.0547. The van der Waals surface area contributed by atoms with Crippen molar-refractivity contribution in [2.45, 2.75) is 13.0 Å². The first-order chi connectivity index (χ1) is 11.2. The second kappa shape index (κ2) is 6.93. The first-order valence-corrected chi connectivity index (χ1v) is 7.75. The molecule has 0 heterocycles. The highest BCUT2D eigenvalue weighted by atomic mass is 16.1. The smallest absolute Gasteiger partial charge is 0.251 e. The van der Waals surface area contributed by atoms with Crippen LogP contribution in [0.4, 0.5) is 0 Å². The summed E-state index contributed by atoms with van der Waals surface area (Å²) in [6.45, 7) is 1.99. The average Bonchev–Trinajstić information content (AvgIpc) is 2.63. The largest absolute Gasteiger partial charge is 0.346 e. The van der Waals surface area contributed by atoms with Gasteiger partial charge in [-0.2, -0.15) is 0 Å². The van der Waals surface area contributed by atoms with Crippen molar-refractivity contribution >= 4 is 5.91 Å². The van der Waals surface area contributed by atoms with Crippen LogP contribution in [0.3, 0.4) is 0 Å². The molecular formula is C21H19NO. The summed E-state index contributed by atoms with van der Waals surface area (Å²) in [6.07, 6.45) is 0. The standard InChI is InChI=1S/C21H19NO/c1-16(17-8-4-2-5-9-17)22-21(23)20-14-12-19(13-15-20)18-10-6-3-7-11-18/h2-16H,1H3,(H,22,23). The maximum absolute atomic E-state index is 12.4. The third kappa shape index (κ3) is 3.67. The Morgan fingerprint density at radius 1 is 0.739 bits per heavy atom. The van der Waals surface area contributed by atoms with Crippen LogP contribution in [0.15, 0.2) is 84.9 Å². The Kier molecular flexibility index (Phi) is 4.53. The Labute approximate surface area is 136 Å². The predicted octanol–water partition coefficient (Wildman–Crippen LogP) is 4.84. The Hall–Kier alpha value is -2.87. The number of benzene rings is 3. The van der Waals surface area contributed by atoms with E-state index < -0.39 is 0 Å². The summed E-state index contributed by atoms with van der Waals surface area (Å²) in [5.41, 5.74) is 4.03. The summed E-state index contributed by atoms with van der Waals surface area (Å²) >= 11 is 0. The van der Waals surface area contributed by atoms with E-state index >= 15 is 0 Å². The molecule has 1 amide bonds. The molecule has 3 rings (SSSR count). The highest BCUT2D eigenvalue weighted by Crippen LogP contribution is 2.19. The van der Waals surface area contributed by atoms with Gasteiger partial charge in [-0.25, -0.2) is 0 Å². The van der Waals surface area contributed by atoms with Crippen molar-refractivity contribution in [2.75, 3.05) is 0 Å². The fraction of sp³-hybridized carbons (Fsp3) is 0.0952. The van der Waals surface area contributed by atoms with E-state index in [1.54, 1.807) is 0 Å². The van der Waals surface area contributed by atoms with E-state index in [0.29, 0.717) is 5.56 Å². The predicted molar refractivity (Wildman–Crippen MR) is 94.2 cm³/mol. The van der Waals surface area contributed by atoms with Gasteiger partial charge in [-0.05, 0) is 35.7 Å². The van der Waals surface area contributed by atoms with E-state index in [1.807, 2.05) is 79.7 Å². The zero-order chi connectivity index (χ0) is 16.1. The number of hydrogen-bond acceptors (Lipinski definition) is 1. The first kappa shape index (κ1) is 15.0. The third-order valence-electron chi connectivity index (χ3n) is 3.90. The van der Waals surface area contributed by atoms with E-state index in [0.717, 1.165) is 16.7 Å². The normalized spacial score (nSPS) is 11.7. The number of amides is 1. The van der Waals surface area contributed by atoms with Crippen LogP contribution in [0.25, 0.3) is 11.1 Å². The maximum Gasteiger partial charge on any atom is 0.251 e. The molecule has 0 radical (unpaired) electrons. The van der Waals surface area contributed by atoms with Gasteiger partial charge in [-0.15, -0.1) is 0 Å². The minimum atomic E-state index is -0.0547. The van der Waals surface area contributed by atoms with Gasteiger partial charge in [0, 0.05) is 5.56 Å². The summed E-state index contributed by atoms with van der Waals surface area (Å²) in [6, 6.07) is 27.8. The molecular weight excluding hydrogens is 282 g/mol. The van der Waals surface area contributed by atoms with Crippen molar-refractivity contribution in [3.05, 3.63) is 96.1 Å². The summed E-state index contributed by atoms with van der Waals surface area (Å²) < 4.78 is 0. The van der Waals surface area contributed by atoms with Crippen LogP contribution in [-0.2, 0) is 0 Å². The van der Waals surface area contributed by atoms with Crippen LogP contribution in [0.1, 0.15) is 28.9 Å². The summed E-state index contributed by atoms with van der Waals surface area (Å²) in [4.78, 5) is 12.4. The van der Waals surface area contributed by atoms with Gasteiger partial charge in [0.05, 0.1) is 6.04 Å². The van der Waals surface area contributed by atoms with E-state index in [4.69, 9.17) is 0 Å². The van der Waals surface area contributed by atoms with E-state index in [9.17, 15) is 4.79 Å². The SMILES string of the molecule is CC(NC(=O)c1ccc(-c2ccccc2)cc1)c1ccccc1. The lowest BCUT2D eigenvalue weighted by Crippen LogP contribution is -2.26. The van der Waals surface area contributed by atoms with Gasteiger partial charge in [0.1, 0.15) is 0 Å². The fourth-order valence-corrected chi connectivity index (χ4v) is 2.55. The maximum atomic E-state index is 12.4. The first-order valence-electron chi connectivity index (χ1n) is 7.75. The van der Waals surface area contributed by atoms with Crippen LogP contribution in [0.5, 0.6) is 0 Å². The molecule has 0 aromatic heterocycles. The van der Waals surface area contributed by atoms with Crippen LogP contribution >= 0.6 is 0 Å². The van der Waals surface area contributed by atoms with E-state index in [2.05, 4.69) is 17.4 Å². The highest BCUT2D eigenvalue weighted by Gasteiger charge is 2.11. The lowest BCUT2D eigenvalue weighted by atomic mass is 10.0. The van der Waals surface area contributed by atoms with Crippen LogP contribution in [-0.4, -0.2) is 5.91 Å². The van der Waals surface area contributed by atoms with Crippen LogP contribution in [0.2, 0.25) is 0 Å². The molecule has 2 heteroatoms. The van der Waals surface area contributed by atoms with Crippen molar-refractivity contribution in [2.24, 2.45) is 0 Å². The molecule has 0 saturated carbocycles. The number of hydrogen-bond donors (Lipinski definition) is 1. The van der Waals surface area contributed by atoms with Crippen molar-refractivity contribution < 1.29 is 4.79 Å². The summed E-state index contributed by atoms with van der Waals surface area (Å²) in [5, 5.41) is 3.03. The summed E-state index contributed by atoms with van der Waals surface area (Å²) in [7, 11) is 0. The van der Waals surface area contributed by atoms with Crippen molar-refractivity contribution in [1.29, 1.82) is 0 Å². The minimum absolute atomic E-state index is 0.0162. The van der Waals surface area contributed by atoms with E-state index in [1.165, 1.54) is 0 Å². The molecule has 0 aliphatic rings. The molecule has 0 saturated heterocycles. The molecule has 1 N–H and O–H groups in total. The quantitative estimate of drug-likeness (QED) is 0.733. The average molecular weight is 301 g/mol. The van der Waals surface area contributed by atoms with Gasteiger partial charge < -0.3 is 5.32 Å². The Morgan fingerprint density at radius 2 is 1.26 bits per heavy atom. The zero-order valence-corrected chi connectivity index (χ0v) is 13.1. The lowest BCUT2D eigenvalue weighted by molar-refractivity contribution is 0.0940. The monoisotopic (exact) mass is 301 g/mol. The molecule has 3 aromatic carbocycles. The second-order valence-corrected chi connectivity index (χ2v) is 5.55. The lowest BCUT2D eigenvalue weighted by Gasteiger charge is -2.14. The number of carbonyl (C=O) groups excluding carboxylic acids is 1. The van der Waals surface area contributed by atoms with Crippen molar-refractivity contribution in [3.8, 4) is 11.1 Å². The molecule has 1 unspecified atom stereocenters. The van der Waals surface area contributed by atoms with Gasteiger partial charge >= 0.3 is 0 Å². The van der Waals surface area contributed by atoms with Gasteiger partial charge in [0.2, 0.25) is 0 Å². The molecule has 3 aromatic rings. The molecule has 0 bridgehead atoms. The Bertz CT molecular complexity index is 764. The molecule has 23 heavy (non-hydrogen) atoms. The molecule has 114 valence electrons. The zero-order valence-electron chi connectivity index (χ0n) is 13.1. The number of carbonyl (C=O) groups is 1. The van der Waals surface area contributed by atoms with Gasteiger partial charge in [-0.3, -0.25) is 4.79 Å². The molecule has 1 atom stereocenters. The molecule has 0 fully saturated rings. The number of nitrogens with one attached hydrogen (secondary N) is 1. The Balaban J connectivity index is 1.71. The van der Waals surface area contributed by atoms with Crippen LogP contribution < -0.4 is 5.32 Å². The molecule has 2 nitrogen and oxygen atoms in total. The van der Waals surface area contributed by atoms with Gasteiger partial charge in [0.25, 0.3) is 5.91 Å². The molecule has 0 aliphatic carbocycles. The van der Waals surface area contributed by atoms with Crippen molar-refractivity contribution in [3.63, 3.8) is 0 Å². The number of rotatable bonds is 4. The second-order valence-electron chi connectivity index (χ2n) is 5.55. The van der Waals surface area contributed by atoms with Crippen LogP contribution in [0, 0.1) is 0 Å². The van der Waals surface area contributed by atoms with Gasteiger partial charge in [0.15, 0.2) is 0 Å².